The maximum absolute atomic E-state index is 13.9. The number of aromatic nitrogens is 4. The molecule has 0 aliphatic heterocycles. The van der Waals surface area contributed by atoms with Crippen LogP contribution in [0.3, 0.4) is 0 Å². The Labute approximate surface area is 161 Å². The summed E-state index contributed by atoms with van der Waals surface area (Å²) in [5.74, 6) is -1.51. The summed E-state index contributed by atoms with van der Waals surface area (Å²) in [6.07, 6.45) is -0.0343. The van der Waals surface area contributed by atoms with E-state index in [-0.39, 0.29) is 34.0 Å². The van der Waals surface area contributed by atoms with E-state index in [1.165, 1.54) is 22.8 Å². The molecule has 4 rings (SSSR count). The van der Waals surface area contributed by atoms with Crippen LogP contribution in [0.15, 0.2) is 41.2 Å². The van der Waals surface area contributed by atoms with Crippen molar-refractivity contribution in [2.45, 2.75) is 6.42 Å². The number of benzene rings is 2. The Morgan fingerprint density at radius 1 is 1.07 bits per heavy atom. The predicted molar refractivity (Wildman–Crippen MR) is 98.7 cm³/mol. The van der Waals surface area contributed by atoms with Crippen LogP contribution >= 0.6 is 11.6 Å². The Morgan fingerprint density at radius 2 is 1.86 bits per heavy atom. The Hall–Kier alpha value is -3.13. The highest BCUT2D eigenvalue weighted by atomic mass is 35.5. The van der Waals surface area contributed by atoms with Gasteiger partial charge in [-0.15, -0.1) is 0 Å². The first-order valence-electron chi connectivity index (χ1n) is 8.18. The van der Waals surface area contributed by atoms with Crippen LogP contribution in [-0.4, -0.2) is 19.5 Å². The van der Waals surface area contributed by atoms with Crippen molar-refractivity contribution in [1.82, 2.24) is 19.5 Å². The summed E-state index contributed by atoms with van der Waals surface area (Å²) in [4.78, 5) is 23.6. The smallest absolute Gasteiger partial charge is 0.279 e. The fourth-order valence-corrected chi connectivity index (χ4v) is 3.06. The fraction of sp³-hybridized carbons (Fsp3) is 0.105. The van der Waals surface area contributed by atoms with Gasteiger partial charge in [-0.05, 0) is 29.8 Å². The number of hydrogen-bond donors (Lipinski definition) is 1. The molecule has 0 aliphatic rings. The van der Waals surface area contributed by atoms with Gasteiger partial charge in [0.15, 0.2) is 11.2 Å². The molecule has 0 aliphatic carbocycles. The second-order valence-electron chi connectivity index (χ2n) is 6.22. The van der Waals surface area contributed by atoms with Crippen LogP contribution in [0.25, 0.3) is 22.6 Å². The van der Waals surface area contributed by atoms with E-state index in [2.05, 4.69) is 15.0 Å². The third kappa shape index (κ3) is 3.16. The molecule has 28 heavy (non-hydrogen) atoms. The zero-order chi connectivity index (χ0) is 20.0. The highest BCUT2D eigenvalue weighted by Crippen LogP contribution is 2.25. The van der Waals surface area contributed by atoms with E-state index in [9.17, 15) is 18.0 Å². The van der Waals surface area contributed by atoms with Crippen molar-refractivity contribution in [2.24, 2.45) is 7.05 Å². The number of hydrogen-bond acceptors (Lipinski definition) is 3. The standard InChI is InChI=1S/C19H12ClF3N4O/c1-27-17(10-3-5-12(20)14(23)6-10)26-16-18(27)24-15(25-19(16)28)7-9-2-4-11(21)8-13(9)22/h2-6,8H,7H2,1H3,(H,24,25,28). The summed E-state index contributed by atoms with van der Waals surface area (Å²) in [7, 11) is 1.63. The molecule has 0 spiro atoms. The largest absolute Gasteiger partial charge is 0.312 e. The summed E-state index contributed by atoms with van der Waals surface area (Å²) in [6, 6.07) is 7.38. The number of rotatable bonds is 3. The highest BCUT2D eigenvalue weighted by molar-refractivity contribution is 6.30. The van der Waals surface area contributed by atoms with E-state index in [0.29, 0.717) is 11.4 Å². The van der Waals surface area contributed by atoms with Gasteiger partial charge in [-0.1, -0.05) is 17.7 Å². The van der Waals surface area contributed by atoms with E-state index in [1.54, 1.807) is 13.1 Å². The Kier molecular flexibility index (Phi) is 4.43. The number of fused-ring (bicyclic) bond motifs is 1. The monoisotopic (exact) mass is 404 g/mol. The summed E-state index contributed by atoms with van der Waals surface area (Å²) >= 11 is 5.71. The van der Waals surface area contributed by atoms with E-state index >= 15 is 0 Å². The lowest BCUT2D eigenvalue weighted by molar-refractivity contribution is 0.573. The Balaban J connectivity index is 1.81. The second-order valence-corrected chi connectivity index (χ2v) is 6.63. The van der Waals surface area contributed by atoms with Crippen molar-refractivity contribution in [1.29, 1.82) is 0 Å². The van der Waals surface area contributed by atoms with Gasteiger partial charge in [-0.25, -0.2) is 23.1 Å². The molecule has 0 fully saturated rings. The molecule has 0 amide bonds. The summed E-state index contributed by atoms with van der Waals surface area (Å²) in [6.45, 7) is 0. The Bertz CT molecular complexity index is 1280. The minimum Gasteiger partial charge on any atom is -0.312 e. The second kappa shape index (κ2) is 6.79. The molecular weight excluding hydrogens is 393 g/mol. The maximum Gasteiger partial charge on any atom is 0.279 e. The molecule has 1 N–H and O–H groups in total. The molecular formula is C19H12ClF3N4O. The summed E-state index contributed by atoms with van der Waals surface area (Å²) < 4.78 is 42.3. The van der Waals surface area contributed by atoms with E-state index in [1.807, 2.05) is 0 Å². The van der Waals surface area contributed by atoms with Gasteiger partial charge in [0, 0.05) is 25.1 Å². The van der Waals surface area contributed by atoms with Crippen molar-refractivity contribution in [3.8, 4) is 11.4 Å². The third-order valence-corrected chi connectivity index (χ3v) is 4.64. The van der Waals surface area contributed by atoms with Gasteiger partial charge >= 0.3 is 0 Å². The van der Waals surface area contributed by atoms with Crippen molar-refractivity contribution in [2.75, 3.05) is 0 Å². The van der Waals surface area contributed by atoms with E-state index in [4.69, 9.17) is 11.6 Å². The van der Waals surface area contributed by atoms with Gasteiger partial charge in [-0.2, -0.15) is 0 Å². The summed E-state index contributed by atoms with van der Waals surface area (Å²) in [5, 5.41) is -0.0258. The minimum absolute atomic E-state index is 0.0258. The van der Waals surface area contributed by atoms with Gasteiger partial charge in [-0.3, -0.25) is 4.79 Å². The molecule has 0 saturated heterocycles. The molecule has 2 aromatic carbocycles. The molecule has 0 saturated carbocycles. The number of nitrogens with one attached hydrogen (secondary N) is 1. The molecule has 4 aromatic rings. The van der Waals surface area contributed by atoms with Crippen LogP contribution in [0, 0.1) is 17.5 Å². The molecule has 142 valence electrons. The highest BCUT2D eigenvalue weighted by Gasteiger charge is 2.17. The number of H-pyrrole nitrogens is 1. The molecule has 5 nitrogen and oxygen atoms in total. The zero-order valence-corrected chi connectivity index (χ0v) is 15.2. The fourth-order valence-electron chi connectivity index (χ4n) is 2.94. The normalized spacial score (nSPS) is 11.3. The molecule has 0 bridgehead atoms. The lowest BCUT2D eigenvalue weighted by atomic mass is 10.1. The van der Waals surface area contributed by atoms with Crippen molar-refractivity contribution in [3.05, 3.63) is 80.6 Å². The molecule has 0 atom stereocenters. The third-order valence-electron chi connectivity index (χ3n) is 4.33. The first-order chi connectivity index (χ1) is 13.3. The minimum atomic E-state index is -0.731. The topological polar surface area (TPSA) is 63.6 Å². The number of aromatic amines is 1. The van der Waals surface area contributed by atoms with Gasteiger partial charge in [0.05, 0.1) is 5.02 Å². The van der Waals surface area contributed by atoms with Gasteiger partial charge in [0.2, 0.25) is 0 Å². The average Bonchev–Trinajstić information content (AvgIpc) is 2.97. The van der Waals surface area contributed by atoms with Crippen molar-refractivity contribution >= 4 is 22.8 Å². The van der Waals surface area contributed by atoms with E-state index in [0.717, 1.165) is 12.1 Å². The first kappa shape index (κ1) is 18.2. The summed E-state index contributed by atoms with van der Waals surface area (Å²) in [5.41, 5.74) is 0.417. The lowest BCUT2D eigenvalue weighted by Crippen LogP contribution is -2.13. The molecule has 2 aromatic heterocycles. The molecule has 9 heteroatoms. The van der Waals surface area contributed by atoms with Crippen LogP contribution in [0.2, 0.25) is 5.02 Å². The SMILES string of the molecule is Cn1c(-c2ccc(Cl)c(F)c2)nc2c(=O)[nH]c(Cc3ccc(F)cc3F)nc21. The van der Waals surface area contributed by atoms with Crippen molar-refractivity contribution in [3.63, 3.8) is 0 Å². The van der Waals surface area contributed by atoms with Crippen LogP contribution in [0.5, 0.6) is 0 Å². The average molecular weight is 405 g/mol. The van der Waals surface area contributed by atoms with Crippen LogP contribution in [-0.2, 0) is 13.5 Å². The van der Waals surface area contributed by atoms with Gasteiger partial charge in [0.25, 0.3) is 5.56 Å². The number of halogens is 4. The number of nitrogens with zero attached hydrogens (tertiary/aromatic N) is 3. The molecule has 0 radical (unpaired) electrons. The van der Waals surface area contributed by atoms with Gasteiger partial charge in [0.1, 0.15) is 29.1 Å². The zero-order valence-electron chi connectivity index (χ0n) is 14.4. The lowest BCUT2D eigenvalue weighted by Gasteiger charge is -2.05. The maximum atomic E-state index is 13.9. The van der Waals surface area contributed by atoms with E-state index < -0.39 is 23.0 Å². The van der Waals surface area contributed by atoms with Crippen molar-refractivity contribution < 1.29 is 13.2 Å². The molecule has 2 heterocycles. The first-order valence-corrected chi connectivity index (χ1v) is 8.56. The van der Waals surface area contributed by atoms with Gasteiger partial charge < -0.3 is 9.55 Å². The number of aryl methyl sites for hydroxylation is 1. The quantitative estimate of drug-likeness (QED) is 0.561. The Morgan fingerprint density at radius 3 is 2.57 bits per heavy atom. The number of imidazole rings is 1. The van der Waals surface area contributed by atoms with Crippen LogP contribution in [0.1, 0.15) is 11.4 Å². The predicted octanol–water partition coefficient (Wildman–Crippen LogP) is 3.99. The van der Waals surface area contributed by atoms with Crippen LogP contribution < -0.4 is 5.56 Å². The van der Waals surface area contributed by atoms with Crippen LogP contribution in [0.4, 0.5) is 13.2 Å². The molecule has 0 unspecified atom stereocenters.